The molecule has 0 aromatic heterocycles. The van der Waals surface area contributed by atoms with Crippen molar-refractivity contribution in [2.45, 2.75) is 20.8 Å². The van der Waals surface area contributed by atoms with Crippen LogP contribution < -0.4 is 0 Å². The highest BCUT2D eigenvalue weighted by Crippen LogP contribution is 2.01. The molecular weight excluding hydrogens is 164 g/mol. The van der Waals surface area contributed by atoms with Gasteiger partial charge in [-0.15, -0.1) is 0 Å². The van der Waals surface area contributed by atoms with Gasteiger partial charge in [0, 0.05) is 0 Å². The first-order chi connectivity index (χ1) is 6.11. The van der Waals surface area contributed by atoms with Gasteiger partial charge in [0.25, 0.3) is 0 Å². The molecule has 0 saturated carbocycles. The molecule has 0 aliphatic carbocycles. The van der Waals surface area contributed by atoms with E-state index in [1.54, 1.807) is 13.0 Å². The summed E-state index contributed by atoms with van der Waals surface area (Å²) in [6.45, 7) is 9.63. The van der Waals surface area contributed by atoms with E-state index < -0.39 is 0 Å². The molecule has 72 valence electrons. The predicted octanol–water partition coefficient (Wildman–Crippen LogP) is 2.63. The Morgan fingerprint density at radius 2 is 2.00 bits per heavy atom. The highest BCUT2D eigenvalue weighted by Gasteiger charge is 2.03. The van der Waals surface area contributed by atoms with Crippen LogP contribution in [0.3, 0.4) is 0 Å². The second-order valence-electron chi connectivity index (χ2n) is 2.79. The molecule has 0 unspecified atom stereocenters. The smallest absolute Gasteiger partial charge is 0.338 e. The Kier molecular flexibility index (Phi) is 5.60. The summed E-state index contributed by atoms with van der Waals surface area (Å²) < 4.78 is 4.82. The molecule has 0 amide bonds. The zero-order valence-corrected chi connectivity index (χ0v) is 8.46. The van der Waals surface area contributed by atoms with Gasteiger partial charge in [-0.05, 0) is 26.8 Å². The fourth-order valence-electron chi connectivity index (χ4n) is 0.690. The number of allylic oxidation sites excluding steroid dienone is 3. The third kappa shape index (κ3) is 5.01. The first-order valence-electron chi connectivity index (χ1n) is 4.26. The van der Waals surface area contributed by atoms with E-state index in [9.17, 15) is 4.79 Å². The monoisotopic (exact) mass is 180 g/mol. The van der Waals surface area contributed by atoms with Gasteiger partial charge in [0.05, 0.1) is 12.2 Å². The fraction of sp³-hybridized carbons (Fsp3) is 0.364. The van der Waals surface area contributed by atoms with Crippen LogP contribution in [0.25, 0.3) is 0 Å². The topological polar surface area (TPSA) is 26.3 Å². The van der Waals surface area contributed by atoms with Gasteiger partial charge in [0.2, 0.25) is 0 Å². The Balaban J connectivity index is 4.50. The standard InChI is InChI=1S/C11H16O2/c1-5-10(8-7-9(3)4)11(12)13-6-2/h5,7-8H,1,6H2,2-4H3/b10-8+. The number of ether oxygens (including phenoxy) is 1. The molecule has 0 aromatic rings. The summed E-state index contributed by atoms with van der Waals surface area (Å²) >= 11 is 0. The lowest BCUT2D eigenvalue weighted by molar-refractivity contribution is -0.138. The van der Waals surface area contributed by atoms with Crippen LogP contribution in [0, 0.1) is 0 Å². The Labute approximate surface area is 79.6 Å². The number of carbonyl (C=O) groups excluding carboxylic acids is 1. The number of esters is 1. The summed E-state index contributed by atoms with van der Waals surface area (Å²) in [5.74, 6) is -0.324. The van der Waals surface area contributed by atoms with E-state index in [0.29, 0.717) is 12.2 Å². The highest BCUT2D eigenvalue weighted by atomic mass is 16.5. The van der Waals surface area contributed by atoms with E-state index in [2.05, 4.69) is 6.58 Å². The van der Waals surface area contributed by atoms with Crippen LogP contribution in [0.2, 0.25) is 0 Å². The van der Waals surface area contributed by atoms with Crippen molar-refractivity contribution in [2.24, 2.45) is 0 Å². The van der Waals surface area contributed by atoms with Crippen LogP contribution in [0.4, 0.5) is 0 Å². The van der Waals surface area contributed by atoms with Crippen molar-refractivity contribution in [3.8, 4) is 0 Å². The maximum atomic E-state index is 11.2. The molecule has 0 aliphatic rings. The Morgan fingerprint density at radius 1 is 1.38 bits per heavy atom. The van der Waals surface area contributed by atoms with E-state index in [-0.39, 0.29) is 5.97 Å². The Morgan fingerprint density at radius 3 is 2.38 bits per heavy atom. The summed E-state index contributed by atoms with van der Waals surface area (Å²) in [6, 6.07) is 0. The highest BCUT2D eigenvalue weighted by molar-refractivity contribution is 5.91. The van der Waals surface area contributed by atoms with Crippen LogP contribution >= 0.6 is 0 Å². The van der Waals surface area contributed by atoms with Crippen molar-refractivity contribution in [1.82, 2.24) is 0 Å². The summed E-state index contributed by atoms with van der Waals surface area (Å²) in [5, 5.41) is 0. The maximum Gasteiger partial charge on any atom is 0.338 e. The SMILES string of the molecule is C=C/C(=C\C=C(C)C)C(=O)OCC. The van der Waals surface area contributed by atoms with Crippen LogP contribution in [0.5, 0.6) is 0 Å². The molecule has 2 nitrogen and oxygen atoms in total. The third-order valence-electron chi connectivity index (χ3n) is 1.33. The van der Waals surface area contributed by atoms with E-state index >= 15 is 0 Å². The average molecular weight is 180 g/mol. The van der Waals surface area contributed by atoms with Gasteiger partial charge in [-0.1, -0.05) is 24.3 Å². The van der Waals surface area contributed by atoms with Crippen molar-refractivity contribution >= 4 is 5.97 Å². The summed E-state index contributed by atoms with van der Waals surface area (Å²) in [7, 11) is 0. The zero-order valence-electron chi connectivity index (χ0n) is 8.46. The van der Waals surface area contributed by atoms with Gasteiger partial charge in [0.15, 0.2) is 0 Å². The molecule has 0 rings (SSSR count). The average Bonchev–Trinajstić information content (AvgIpc) is 2.05. The number of rotatable bonds is 4. The van der Waals surface area contributed by atoms with E-state index in [1.165, 1.54) is 6.08 Å². The molecular formula is C11H16O2. The molecule has 0 bridgehead atoms. The molecule has 0 heterocycles. The molecule has 0 fully saturated rings. The van der Waals surface area contributed by atoms with Gasteiger partial charge in [-0.25, -0.2) is 4.79 Å². The molecule has 0 N–H and O–H groups in total. The molecule has 13 heavy (non-hydrogen) atoms. The van der Waals surface area contributed by atoms with E-state index in [4.69, 9.17) is 4.74 Å². The van der Waals surface area contributed by atoms with Gasteiger partial charge >= 0.3 is 5.97 Å². The van der Waals surface area contributed by atoms with Crippen molar-refractivity contribution in [3.05, 3.63) is 36.0 Å². The summed E-state index contributed by atoms with van der Waals surface area (Å²) in [5.41, 5.74) is 1.62. The molecule has 0 aliphatic heterocycles. The van der Waals surface area contributed by atoms with Gasteiger partial charge in [-0.3, -0.25) is 0 Å². The number of hydrogen-bond donors (Lipinski definition) is 0. The minimum atomic E-state index is -0.324. The normalized spacial score (nSPS) is 10.5. The largest absolute Gasteiger partial charge is 0.462 e. The quantitative estimate of drug-likeness (QED) is 0.377. The van der Waals surface area contributed by atoms with Gasteiger partial charge in [0.1, 0.15) is 0 Å². The lowest BCUT2D eigenvalue weighted by atomic mass is 10.2. The third-order valence-corrected chi connectivity index (χ3v) is 1.33. The number of hydrogen-bond acceptors (Lipinski definition) is 2. The zero-order chi connectivity index (χ0) is 10.3. The van der Waals surface area contributed by atoms with Crippen LogP contribution in [-0.2, 0) is 9.53 Å². The lowest BCUT2D eigenvalue weighted by Crippen LogP contribution is -2.05. The predicted molar refractivity (Wildman–Crippen MR) is 54.3 cm³/mol. The van der Waals surface area contributed by atoms with Crippen molar-refractivity contribution in [1.29, 1.82) is 0 Å². The first kappa shape index (κ1) is 11.7. The van der Waals surface area contributed by atoms with Crippen LogP contribution in [-0.4, -0.2) is 12.6 Å². The molecule has 0 spiro atoms. The van der Waals surface area contributed by atoms with Gasteiger partial charge < -0.3 is 4.74 Å². The van der Waals surface area contributed by atoms with Gasteiger partial charge in [-0.2, -0.15) is 0 Å². The minimum Gasteiger partial charge on any atom is -0.462 e. The Hall–Kier alpha value is -1.31. The van der Waals surface area contributed by atoms with Crippen molar-refractivity contribution in [3.63, 3.8) is 0 Å². The number of carbonyl (C=O) groups is 1. The molecule has 2 heteroatoms. The maximum absolute atomic E-state index is 11.2. The van der Waals surface area contributed by atoms with Crippen LogP contribution in [0.15, 0.2) is 36.0 Å². The molecule has 0 atom stereocenters. The molecule has 0 aromatic carbocycles. The summed E-state index contributed by atoms with van der Waals surface area (Å²) in [6.07, 6.45) is 5.06. The van der Waals surface area contributed by atoms with Crippen LogP contribution in [0.1, 0.15) is 20.8 Å². The lowest BCUT2D eigenvalue weighted by Gasteiger charge is -2.00. The van der Waals surface area contributed by atoms with E-state index in [1.807, 2.05) is 19.9 Å². The Bertz CT molecular complexity index is 243. The summed E-state index contributed by atoms with van der Waals surface area (Å²) in [4.78, 5) is 11.2. The second-order valence-corrected chi connectivity index (χ2v) is 2.79. The second kappa shape index (κ2) is 6.23. The minimum absolute atomic E-state index is 0.324. The first-order valence-corrected chi connectivity index (χ1v) is 4.26. The van der Waals surface area contributed by atoms with E-state index in [0.717, 1.165) is 5.57 Å². The van der Waals surface area contributed by atoms with Crippen molar-refractivity contribution in [2.75, 3.05) is 6.61 Å². The van der Waals surface area contributed by atoms with Crippen molar-refractivity contribution < 1.29 is 9.53 Å². The molecule has 0 radical (unpaired) electrons. The molecule has 0 saturated heterocycles. The fourth-order valence-corrected chi connectivity index (χ4v) is 0.690.